The summed E-state index contributed by atoms with van der Waals surface area (Å²) in [6.45, 7) is 1.64. The van der Waals surface area contributed by atoms with Crippen LogP contribution in [0, 0.1) is 5.92 Å². The number of rotatable bonds is 5. The fraction of sp³-hybridized carbons (Fsp3) is 0.562. The molecule has 1 saturated carbocycles. The van der Waals surface area contributed by atoms with E-state index in [1.54, 1.807) is 10.7 Å². The van der Waals surface area contributed by atoms with Gasteiger partial charge in [0.1, 0.15) is 5.82 Å². The van der Waals surface area contributed by atoms with Gasteiger partial charge in [-0.3, -0.25) is 4.79 Å². The molecular weight excluding hydrogens is 278 g/mol. The molecule has 1 aliphatic carbocycles. The zero-order valence-corrected chi connectivity index (χ0v) is 12.6. The molecule has 2 fully saturated rings. The average molecular weight is 299 g/mol. The third kappa shape index (κ3) is 2.91. The summed E-state index contributed by atoms with van der Waals surface area (Å²) >= 11 is 0. The first-order chi connectivity index (χ1) is 10.8. The van der Waals surface area contributed by atoms with Crippen molar-refractivity contribution >= 4 is 17.4 Å². The second-order valence-electron chi connectivity index (χ2n) is 6.40. The van der Waals surface area contributed by atoms with E-state index in [-0.39, 0.29) is 0 Å². The molecule has 1 amide bonds. The van der Waals surface area contributed by atoms with Gasteiger partial charge in [-0.25, -0.2) is 9.50 Å². The zero-order valence-electron chi connectivity index (χ0n) is 12.6. The summed E-state index contributed by atoms with van der Waals surface area (Å²) in [6, 6.07) is 4.18. The van der Waals surface area contributed by atoms with E-state index in [0.717, 1.165) is 49.7 Å². The van der Waals surface area contributed by atoms with Crippen molar-refractivity contribution in [3.05, 3.63) is 24.5 Å². The van der Waals surface area contributed by atoms with Crippen LogP contribution in [0.1, 0.15) is 32.1 Å². The molecule has 116 valence electrons. The largest absolute Gasteiger partial charge is 0.364 e. The van der Waals surface area contributed by atoms with Crippen LogP contribution in [0.25, 0.3) is 5.65 Å². The molecule has 0 spiro atoms. The normalized spacial score (nSPS) is 21.5. The highest BCUT2D eigenvalue weighted by molar-refractivity contribution is 5.76. The lowest BCUT2D eigenvalue weighted by Gasteiger charge is -2.17. The molecule has 1 saturated heterocycles. The van der Waals surface area contributed by atoms with E-state index in [4.69, 9.17) is 0 Å². The highest BCUT2D eigenvalue weighted by Crippen LogP contribution is 2.33. The molecule has 3 heterocycles. The quantitative estimate of drug-likeness (QED) is 0.916. The summed E-state index contributed by atoms with van der Waals surface area (Å²) in [5, 5.41) is 7.91. The molecule has 0 radical (unpaired) electrons. The lowest BCUT2D eigenvalue weighted by Crippen LogP contribution is -2.31. The number of carbonyl (C=O) groups is 1. The molecule has 1 aliphatic heterocycles. The van der Waals surface area contributed by atoms with Gasteiger partial charge in [0.05, 0.1) is 0 Å². The highest BCUT2D eigenvalue weighted by Gasteiger charge is 2.28. The van der Waals surface area contributed by atoms with Gasteiger partial charge in [0.25, 0.3) is 0 Å². The van der Waals surface area contributed by atoms with Gasteiger partial charge in [-0.2, -0.15) is 0 Å². The van der Waals surface area contributed by atoms with Gasteiger partial charge in [-0.1, -0.05) is 12.8 Å². The molecule has 4 rings (SSSR count). The molecule has 0 aromatic carbocycles. The van der Waals surface area contributed by atoms with E-state index in [0.29, 0.717) is 11.9 Å². The minimum atomic E-state index is 0.290. The number of amides is 1. The topological polar surface area (TPSA) is 62.5 Å². The number of anilines is 1. The van der Waals surface area contributed by atoms with Crippen molar-refractivity contribution in [2.45, 2.75) is 38.1 Å². The predicted octanol–water partition coefficient (Wildman–Crippen LogP) is 1.93. The van der Waals surface area contributed by atoms with Crippen LogP contribution in [0.3, 0.4) is 0 Å². The van der Waals surface area contributed by atoms with Crippen molar-refractivity contribution in [1.29, 1.82) is 0 Å². The van der Waals surface area contributed by atoms with Crippen LogP contribution in [0.15, 0.2) is 24.5 Å². The number of hydrogen-bond acceptors (Lipinski definition) is 4. The molecule has 1 atom stereocenters. The van der Waals surface area contributed by atoms with Crippen LogP contribution in [-0.4, -0.2) is 44.5 Å². The number of aromatic nitrogens is 3. The molecular formula is C16H21N5O. The monoisotopic (exact) mass is 299 g/mol. The minimum Gasteiger partial charge on any atom is -0.364 e. The van der Waals surface area contributed by atoms with Crippen molar-refractivity contribution < 1.29 is 4.79 Å². The number of hydrogen-bond donors (Lipinski definition) is 1. The SMILES string of the molecule is O=C(CCC1CC1)N1CCC(Nc2ccc3nccn3n2)C1. The Labute approximate surface area is 129 Å². The smallest absolute Gasteiger partial charge is 0.222 e. The predicted molar refractivity (Wildman–Crippen MR) is 83.6 cm³/mol. The fourth-order valence-electron chi connectivity index (χ4n) is 3.10. The van der Waals surface area contributed by atoms with Crippen LogP contribution < -0.4 is 5.32 Å². The number of nitrogens with one attached hydrogen (secondary N) is 1. The molecule has 2 aromatic heterocycles. The summed E-state index contributed by atoms with van der Waals surface area (Å²) in [5.74, 6) is 1.98. The van der Waals surface area contributed by atoms with Gasteiger partial charge >= 0.3 is 0 Å². The zero-order chi connectivity index (χ0) is 14.9. The molecule has 2 aromatic rings. The molecule has 0 bridgehead atoms. The number of imidazole rings is 1. The van der Waals surface area contributed by atoms with Crippen molar-refractivity contribution in [1.82, 2.24) is 19.5 Å². The Morgan fingerprint density at radius 2 is 2.23 bits per heavy atom. The second-order valence-corrected chi connectivity index (χ2v) is 6.40. The molecule has 2 aliphatic rings. The Morgan fingerprint density at radius 3 is 3.09 bits per heavy atom. The summed E-state index contributed by atoms with van der Waals surface area (Å²) in [6.07, 6.45) is 8.99. The van der Waals surface area contributed by atoms with Gasteiger partial charge in [-0.15, -0.1) is 5.10 Å². The van der Waals surface area contributed by atoms with E-state index >= 15 is 0 Å². The van der Waals surface area contributed by atoms with E-state index in [1.165, 1.54) is 12.8 Å². The number of carbonyl (C=O) groups excluding carboxylic acids is 1. The standard InChI is InChI=1S/C16H21N5O/c22-16(6-3-12-1-2-12)20-9-7-13(11-20)18-14-4-5-15-17-8-10-21(15)19-14/h4-5,8,10,12-13H,1-3,6-7,9,11H2,(H,18,19). The maximum atomic E-state index is 12.2. The number of likely N-dealkylation sites (tertiary alicyclic amines) is 1. The van der Waals surface area contributed by atoms with Crippen LogP contribution in [0.2, 0.25) is 0 Å². The molecule has 6 heteroatoms. The van der Waals surface area contributed by atoms with Gasteiger partial charge in [0.15, 0.2) is 5.65 Å². The molecule has 1 N–H and O–H groups in total. The van der Waals surface area contributed by atoms with Crippen molar-refractivity contribution in [2.24, 2.45) is 5.92 Å². The third-order valence-electron chi connectivity index (χ3n) is 4.61. The van der Waals surface area contributed by atoms with Gasteiger partial charge in [-0.05, 0) is 30.9 Å². The second kappa shape index (κ2) is 5.59. The summed E-state index contributed by atoms with van der Waals surface area (Å²) in [7, 11) is 0. The third-order valence-corrected chi connectivity index (χ3v) is 4.61. The van der Waals surface area contributed by atoms with Crippen LogP contribution in [-0.2, 0) is 4.79 Å². The van der Waals surface area contributed by atoms with Gasteiger partial charge in [0, 0.05) is 37.9 Å². The Hall–Kier alpha value is -2.11. The maximum absolute atomic E-state index is 12.2. The fourth-order valence-corrected chi connectivity index (χ4v) is 3.10. The van der Waals surface area contributed by atoms with Crippen LogP contribution >= 0.6 is 0 Å². The molecule has 6 nitrogen and oxygen atoms in total. The van der Waals surface area contributed by atoms with Gasteiger partial charge < -0.3 is 10.2 Å². The summed E-state index contributed by atoms with van der Waals surface area (Å²) in [5.41, 5.74) is 0.842. The first-order valence-corrected chi connectivity index (χ1v) is 8.12. The first-order valence-electron chi connectivity index (χ1n) is 8.12. The van der Waals surface area contributed by atoms with Crippen molar-refractivity contribution in [3.8, 4) is 0 Å². The highest BCUT2D eigenvalue weighted by atomic mass is 16.2. The number of nitrogens with zero attached hydrogens (tertiary/aromatic N) is 4. The average Bonchev–Trinajstić information content (AvgIpc) is 3.04. The Balaban J connectivity index is 1.32. The van der Waals surface area contributed by atoms with E-state index in [2.05, 4.69) is 15.4 Å². The van der Waals surface area contributed by atoms with Crippen molar-refractivity contribution in [3.63, 3.8) is 0 Å². The minimum absolute atomic E-state index is 0.290. The summed E-state index contributed by atoms with van der Waals surface area (Å²) in [4.78, 5) is 18.4. The summed E-state index contributed by atoms with van der Waals surface area (Å²) < 4.78 is 1.76. The van der Waals surface area contributed by atoms with Gasteiger partial charge in [0.2, 0.25) is 5.91 Å². The Kier molecular flexibility index (Phi) is 3.44. The van der Waals surface area contributed by atoms with Crippen LogP contribution in [0.4, 0.5) is 5.82 Å². The van der Waals surface area contributed by atoms with E-state index in [1.807, 2.05) is 23.2 Å². The Bertz CT molecular complexity index is 678. The van der Waals surface area contributed by atoms with E-state index in [9.17, 15) is 4.79 Å². The molecule has 22 heavy (non-hydrogen) atoms. The maximum Gasteiger partial charge on any atom is 0.222 e. The first kappa shape index (κ1) is 13.5. The lowest BCUT2D eigenvalue weighted by molar-refractivity contribution is -0.130. The lowest BCUT2D eigenvalue weighted by atomic mass is 10.2. The van der Waals surface area contributed by atoms with E-state index < -0.39 is 0 Å². The van der Waals surface area contributed by atoms with Crippen molar-refractivity contribution in [2.75, 3.05) is 18.4 Å². The Morgan fingerprint density at radius 1 is 1.32 bits per heavy atom. The van der Waals surface area contributed by atoms with Crippen LogP contribution in [0.5, 0.6) is 0 Å². The molecule has 1 unspecified atom stereocenters. The number of fused-ring (bicyclic) bond motifs is 1.